The van der Waals surface area contributed by atoms with Gasteiger partial charge in [0.15, 0.2) is 6.79 Å². The molecule has 1 saturated carbocycles. The summed E-state index contributed by atoms with van der Waals surface area (Å²) in [6.45, 7) is -0.00741. The maximum absolute atomic E-state index is 11.5. The fourth-order valence-corrected chi connectivity index (χ4v) is 2.30. The molecule has 4 atom stereocenters. The summed E-state index contributed by atoms with van der Waals surface area (Å²) in [6, 6.07) is 0. The Morgan fingerprint density at radius 1 is 1.57 bits per heavy atom. The number of rotatable bonds is 3. The van der Waals surface area contributed by atoms with E-state index in [-0.39, 0.29) is 30.5 Å². The van der Waals surface area contributed by atoms with Gasteiger partial charge in [-0.3, -0.25) is 4.79 Å². The van der Waals surface area contributed by atoms with E-state index in [0.29, 0.717) is 6.42 Å². The Labute approximate surface area is 82.5 Å². The molecule has 0 aromatic rings. The normalized spacial score (nSPS) is 39.0. The molecule has 2 bridgehead atoms. The average Bonchev–Trinajstić information content (AvgIpc) is 2.71. The van der Waals surface area contributed by atoms with E-state index in [4.69, 9.17) is 4.74 Å². The van der Waals surface area contributed by atoms with Gasteiger partial charge in [-0.2, -0.15) is 0 Å². The molecule has 2 rings (SSSR count). The molecule has 2 aliphatic rings. The van der Waals surface area contributed by atoms with Crippen molar-refractivity contribution in [3.05, 3.63) is 12.2 Å². The largest absolute Gasteiger partial charge is 0.438 e. The summed E-state index contributed by atoms with van der Waals surface area (Å²) in [7, 11) is 1.48. The van der Waals surface area contributed by atoms with E-state index in [1.54, 1.807) is 0 Å². The van der Waals surface area contributed by atoms with Crippen LogP contribution in [0.15, 0.2) is 12.2 Å². The van der Waals surface area contributed by atoms with Crippen LogP contribution in [-0.2, 0) is 14.3 Å². The Bertz CT molecular complexity index is 261. The number of aliphatic hydroxyl groups is 1. The SMILES string of the molecule is COCOC(=O)C1CC2C=CC1C2O. The summed E-state index contributed by atoms with van der Waals surface area (Å²) in [4.78, 5) is 11.5. The Morgan fingerprint density at radius 3 is 2.86 bits per heavy atom. The smallest absolute Gasteiger partial charge is 0.311 e. The Morgan fingerprint density at radius 2 is 2.36 bits per heavy atom. The van der Waals surface area contributed by atoms with Crippen LogP contribution in [0.25, 0.3) is 0 Å². The minimum Gasteiger partial charge on any atom is -0.438 e. The molecule has 0 radical (unpaired) electrons. The molecule has 0 aliphatic heterocycles. The monoisotopic (exact) mass is 198 g/mol. The molecule has 4 heteroatoms. The zero-order chi connectivity index (χ0) is 10.1. The van der Waals surface area contributed by atoms with Gasteiger partial charge in [0.2, 0.25) is 0 Å². The summed E-state index contributed by atoms with van der Waals surface area (Å²) >= 11 is 0. The molecule has 1 fully saturated rings. The van der Waals surface area contributed by atoms with Gasteiger partial charge >= 0.3 is 5.97 Å². The highest BCUT2D eigenvalue weighted by atomic mass is 16.7. The van der Waals surface area contributed by atoms with Gasteiger partial charge in [-0.05, 0) is 6.42 Å². The molecular formula is C10H14O4. The van der Waals surface area contributed by atoms with Crippen molar-refractivity contribution in [2.75, 3.05) is 13.9 Å². The van der Waals surface area contributed by atoms with E-state index in [2.05, 4.69) is 4.74 Å². The van der Waals surface area contributed by atoms with Crippen LogP contribution < -0.4 is 0 Å². The van der Waals surface area contributed by atoms with Crippen molar-refractivity contribution in [3.63, 3.8) is 0 Å². The summed E-state index contributed by atoms with van der Waals surface area (Å²) < 4.78 is 9.53. The standard InChI is InChI=1S/C10H14O4/c1-13-5-14-10(12)8-4-6-2-3-7(8)9(6)11/h2-3,6-9,11H,4-5H2,1H3. The Kier molecular flexibility index (Phi) is 2.56. The van der Waals surface area contributed by atoms with Gasteiger partial charge in [0, 0.05) is 18.9 Å². The highest BCUT2D eigenvalue weighted by molar-refractivity contribution is 5.74. The molecule has 0 saturated heterocycles. The van der Waals surface area contributed by atoms with Crippen LogP contribution in [0.4, 0.5) is 0 Å². The zero-order valence-corrected chi connectivity index (χ0v) is 8.05. The fourth-order valence-electron chi connectivity index (χ4n) is 2.30. The number of aliphatic hydroxyl groups excluding tert-OH is 1. The second-order valence-electron chi connectivity index (χ2n) is 3.83. The molecule has 1 N–H and O–H groups in total. The predicted molar refractivity (Wildman–Crippen MR) is 48.2 cm³/mol. The van der Waals surface area contributed by atoms with Crippen molar-refractivity contribution in [3.8, 4) is 0 Å². The summed E-state index contributed by atoms with van der Waals surface area (Å²) in [5.41, 5.74) is 0. The maximum Gasteiger partial charge on any atom is 0.311 e. The molecule has 0 aromatic carbocycles. The van der Waals surface area contributed by atoms with Crippen LogP contribution >= 0.6 is 0 Å². The number of carbonyl (C=O) groups excluding carboxylic acids is 1. The van der Waals surface area contributed by atoms with Crippen LogP contribution in [0.3, 0.4) is 0 Å². The zero-order valence-electron chi connectivity index (χ0n) is 8.05. The first-order chi connectivity index (χ1) is 6.74. The lowest BCUT2D eigenvalue weighted by Gasteiger charge is -2.16. The lowest BCUT2D eigenvalue weighted by Crippen LogP contribution is -2.25. The fraction of sp³-hybridized carbons (Fsp3) is 0.700. The van der Waals surface area contributed by atoms with Gasteiger partial charge in [-0.1, -0.05) is 12.2 Å². The highest BCUT2D eigenvalue weighted by Gasteiger charge is 2.47. The van der Waals surface area contributed by atoms with E-state index >= 15 is 0 Å². The number of hydrogen-bond acceptors (Lipinski definition) is 4. The lowest BCUT2D eigenvalue weighted by atomic mass is 9.94. The molecule has 4 nitrogen and oxygen atoms in total. The first-order valence-electron chi connectivity index (χ1n) is 4.76. The molecular weight excluding hydrogens is 184 g/mol. The van der Waals surface area contributed by atoms with E-state index in [0.717, 1.165) is 0 Å². The average molecular weight is 198 g/mol. The van der Waals surface area contributed by atoms with Crippen molar-refractivity contribution >= 4 is 5.97 Å². The third-order valence-electron chi connectivity index (χ3n) is 3.03. The first kappa shape index (κ1) is 9.68. The molecule has 0 spiro atoms. The van der Waals surface area contributed by atoms with Crippen LogP contribution in [0.1, 0.15) is 6.42 Å². The number of esters is 1. The molecule has 0 aromatic heterocycles. The van der Waals surface area contributed by atoms with Crippen molar-refractivity contribution < 1.29 is 19.4 Å². The molecule has 0 amide bonds. The minimum atomic E-state index is -0.393. The lowest BCUT2D eigenvalue weighted by molar-refractivity contribution is -0.160. The van der Waals surface area contributed by atoms with E-state index < -0.39 is 6.10 Å². The van der Waals surface area contributed by atoms with Crippen molar-refractivity contribution in [2.24, 2.45) is 17.8 Å². The number of ether oxygens (including phenoxy) is 2. The predicted octanol–water partition coefficient (Wildman–Crippen LogP) is 0.317. The second kappa shape index (κ2) is 3.71. The number of hydrogen-bond donors (Lipinski definition) is 1. The third-order valence-corrected chi connectivity index (χ3v) is 3.03. The van der Waals surface area contributed by atoms with Gasteiger partial charge in [-0.25, -0.2) is 0 Å². The number of fused-ring (bicyclic) bond motifs is 2. The van der Waals surface area contributed by atoms with Crippen molar-refractivity contribution in [1.82, 2.24) is 0 Å². The summed E-state index contributed by atoms with van der Waals surface area (Å²) in [6.07, 6.45) is 4.20. The topological polar surface area (TPSA) is 55.8 Å². The maximum atomic E-state index is 11.5. The third kappa shape index (κ3) is 1.44. The molecule has 2 aliphatic carbocycles. The number of methoxy groups -OCH3 is 1. The van der Waals surface area contributed by atoms with Gasteiger partial charge < -0.3 is 14.6 Å². The van der Waals surface area contributed by atoms with Crippen LogP contribution in [0.2, 0.25) is 0 Å². The summed E-state index contributed by atoms with van der Waals surface area (Å²) in [5, 5.41) is 9.67. The quantitative estimate of drug-likeness (QED) is 0.403. The van der Waals surface area contributed by atoms with E-state index in [1.807, 2.05) is 12.2 Å². The van der Waals surface area contributed by atoms with Crippen LogP contribution in [0.5, 0.6) is 0 Å². The van der Waals surface area contributed by atoms with Crippen LogP contribution in [-0.4, -0.2) is 31.1 Å². The van der Waals surface area contributed by atoms with E-state index in [9.17, 15) is 9.90 Å². The van der Waals surface area contributed by atoms with E-state index in [1.165, 1.54) is 7.11 Å². The Balaban J connectivity index is 1.94. The minimum absolute atomic E-state index is 0.00741. The van der Waals surface area contributed by atoms with Gasteiger partial charge in [0.05, 0.1) is 12.0 Å². The highest BCUT2D eigenvalue weighted by Crippen LogP contribution is 2.44. The summed E-state index contributed by atoms with van der Waals surface area (Å²) in [5.74, 6) is -0.359. The van der Waals surface area contributed by atoms with Crippen molar-refractivity contribution in [2.45, 2.75) is 12.5 Å². The van der Waals surface area contributed by atoms with Gasteiger partial charge in [0.1, 0.15) is 0 Å². The molecule has 14 heavy (non-hydrogen) atoms. The second-order valence-corrected chi connectivity index (χ2v) is 3.83. The molecule has 4 unspecified atom stereocenters. The van der Waals surface area contributed by atoms with Crippen LogP contribution in [0, 0.1) is 17.8 Å². The van der Waals surface area contributed by atoms with Crippen molar-refractivity contribution in [1.29, 1.82) is 0 Å². The molecule has 0 heterocycles. The van der Waals surface area contributed by atoms with Gasteiger partial charge in [-0.15, -0.1) is 0 Å². The molecule has 78 valence electrons. The first-order valence-corrected chi connectivity index (χ1v) is 4.76. The Hall–Kier alpha value is -0.870. The van der Waals surface area contributed by atoms with Gasteiger partial charge in [0.25, 0.3) is 0 Å². The number of carbonyl (C=O) groups is 1.